The highest BCUT2D eigenvalue weighted by atomic mass is 32.1. The minimum atomic E-state index is -0.459. The van der Waals surface area contributed by atoms with Crippen molar-refractivity contribution in [2.75, 3.05) is 0 Å². The van der Waals surface area contributed by atoms with Gasteiger partial charge < -0.3 is 0 Å². The molecule has 2 heterocycles. The first-order chi connectivity index (χ1) is 12.1. The molecule has 0 aliphatic rings. The minimum Gasteiger partial charge on any atom is -0.267 e. The summed E-state index contributed by atoms with van der Waals surface area (Å²) in [6, 6.07) is 15.4. The first-order valence-corrected chi connectivity index (χ1v) is 8.15. The Bertz CT molecular complexity index is 1180. The van der Waals surface area contributed by atoms with Crippen molar-refractivity contribution in [3.63, 3.8) is 0 Å². The maximum atomic E-state index is 12.7. The molecule has 0 fully saturated rings. The molecule has 25 heavy (non-hydrogen) atoms. The molecular weight excluding hydrogens is 340 g/mol. The van der Waals surface area contributed by atoms with Crippen LogP contribution in [-0.2, 0) is 0 Å². The largest absolute Gasteiger partial charge is 0.276 e. The van der Waals surface area contributed by atoms with Gasteiger partial charge in [-0.2, -0.15) is 0 Å². The number of hydrogen-bond donors (Lipinski definition) is 0. The van der Waals surface area contributed by atoms with Crippen LogP contribution in [-0.4, -0.2) is 19.5 Å². The zero-order valence-corrected chi connectivity index (χ0v) is 13.5. The van der Waals surface area contributed by atoms with Crippen molar-refractivity contribution in [1.29, 1.82) is 0 Å². The molecule has 0 saturated carbocycles. The summed E-state index contributed by atoms with van der Waals surface area (Å²) < 4.78 is 1.98. The van der Waals surface area contributed by atoms with Gasteiger partial charge in [-0.25, -0.2) is 4.40 Å². The average molecular weight is 350 g/mol. The van der Waals surface area contributed by atoms with Crippen molar-refractivity contribution in [2.24, 2.45) is 0 Å². The smallest absolute Gasteiger partial charge is 0.267 e. The van der Waals surface area contributed by atoms with E-state index in [9.17, 15) is 14.9 Å². The van der Waals surface area contributed by atoms with Crippen LogP contribution in [0.3, 0.4) is 0 Å². The number of nitro groups is 1. The van der Waals surface area contributed by atoms with Crippen LogP contribution in [0.2, 0.25) is 0 Å². The molecule has 0 bridgehead atoms. The quantitative estimate of drug-likeness (QED) is 0.418. The van der Waals surface area contributed by atoms with Crippen LogP contribution >= 0.6 is 11.3 Å². The van der Waals surface area contributed by atoms with Crippen LogP contribution in [0.15, 0.2) is 59.4 Å². The summed E-state index contributed by atoms with van der Waals surface area (Å²) in [4.78, 5) is 23.5. The maximum Gasteiger partial charge on any atom is 0.276 e. The van der Waals surface area contributed by atoms with E-state index in [1.54, 1.807) is 18.2 Å². The van der Waals surface area contributed by atoms with E-state index < -0.39 is 4.92 Å². The van der Waals surface area contributed by atoms with E-state index in [0.29, 0.717) is 20.9 Å². The van der Waals surface area contributed by atoms with Crippen molar-refractivity contribution in [3.8, 4) is 11.4 Å². The normalized spacial score (nSPS) is 11.9. The molecule has 0 amide bonds. The number of hydrogen-bond acceptors (Lipinski definition) is 6. The summed E-state index contributed by atoms with van der Waals surface area (Å²) in [6.07, 6.45) is 1.69. The number of nitro benzene ring substituents is 1. The molecule has 4 aromatic rings. The lowest BCUT2D eigenvalue weighted by atomic mass is 10.2. The first-order valence-electron chi connectivity index (χ1n) is 7.33. The summed E-state index contributed by atoms with van der Waals surface area (Å²) >= 11 is 1.23. The van der Waals surface area contributed by atoms with Gasteiger partial charge in [0.25, 0.3) is 11.2 Å². The lowest BCUT2D eigenvalue weighted by Crippen LogP contribution is -2.23. The Morgan fingerprint density at radius 1 is 1.04 bits per heavy atom. The van der Waals surface area contributed by atoms with E-state index >= 15 is 0 Å². The van der Waals surface area contributed by atoms with E-state index in [2.05, 4.69) is 10.2 Å². The zero-order valence-electron chi connectivity index (χ0n) is 12.7. The van der Waals surface area contributed by atoms with Crippen LogP contribution in [0.1, 0.15) is 5.56 Å². The van der Waals surface area contributed by atoms with Gasteiger partial charge in [-0.3, -0.25) is 14.9 Å². The summed E-state index contributed by atoms with van der Waals surface area (Å²) in [6.45, 7) is 0. The Morgan fingerprint density at radius 2 is 1.76 bits per heavy atom. The van der Waals surface area contributed by atoms with Gasteiger partial charge in [0.1, 0.15) is 0 Å². The van der Waals surface area contributed by atoms with E-state index in [-0.39, 0.29) is 11.2 Å². The molecule has 0 aliphatic heterocycles. The van der Waals surface area contributed by atoms with Gasteiger partial charge in [0, 0.05) is 17.7 Å². The molecule has 8 heteroatoms. The fourth-order valence-corrected chi connectivity index (χ4v) is 3.39. The van der Waals surface area contributed by atoms with Crippen LogP contribution in [0.4, 0.5) is 5.69 Å². The van der Waals surface area contributed by atoms with Gasteiger partial charge >= 0.3 is 0 Å². The predicted octanol–water partition coefficient (Wildman–Crippen LogP) is 2.27. The number of fused-ring (bicyclic) bond motifs is 1. The van der Waals surface area contributed by atoms with E-state index in [1.165, 1.54) is 27.9 Å². The summed E-state index contributed by atoms with van der Waals surface area (Å²) in [5.74, 6) is 0.500. The third-order valence-corrected chi connectivity index (χ3v) is 4.64. The van der Waals surface area contributed by atoms with Crippen molar-refractivity contribution >= 4 is 28.1 Å². The molecule has 122 valence electrons. The Balaban J connectivity index is 1.84. The monoisotopic (exact) mass is 350 g/mol. The molecule has 2 aromatic carbocycles. The van der Waals surface area contributed by atoms with E-state index in [0.717, 1.165) is 5.56 Å². The molecule has 0 saturated heterocycles. The lowest BCUT2D eigenvalue weighted by Gasteiger charge is -1.95. The van der Waals surface area contributed by atoms with Gasteiger partial charge in [0.15, 0.2) is 5.82 Å². The van der Waals surface area contributed by atoms with Crippen molar-refractivity contribution in [3.05, 3.63) is 85.2 Å². The zero-order chi connectivity index (χ0) is 17.4. The standard InChI is InChI=1S/C17H10N4O3S/c22-16-14(10-11-6-8-13(9-7-11)21(23)24)25-17-19-18-15(20(16)17)12-4-2-1-3-5-12/h1-10H/b14-10+. The van der Waals surface area contributed by atoms with Crippen molar-refractivity contribution < 1.29 is 4.92 Å². The molecule has 2 aromatic heterocycles. The fourth-order valence-electron chi connectivity index (χ4n) is 2.48. The summed E-state index contributed by atoms with van der Waals surface area (Å²) in [5, 5.41) is 18.9. The molecule has 0 atom stereocenters. The van der Waals surface area contributed by atoms with E-state index in [1.807, 2.05) is 30.3 Å². The SMILES string of the molecule is O=c1/c(=C\c2ccc([N+](=O)[O-])cc2)sc2nnc(-c3ccccc3)n12. The minimum absolute atomic E-state index is 0.0102. The van der Waals surface area contributed by atoms with Crippen LogP contribution < -0.4 is 10.1 Å². The summed E-state index contributed by atoms with van der Waals surface area (Å²) in [5.41, 5.74) is 1.33. The molecule has 0 spiro atoms. The van der Waals surface area contributed by atoms with Gasteiger partial charge in [-0.15, -0.1) is 10.2 Å². The van der Waals surface area contributed by atoms with Gasteiger partial charge in [0.2, 0.25) is 4.96 Å². The number of aromatic nitrogens is 3. The molecule has 4 rings (SSSR count). The van der Waals surface area contributed by atoms with Crippen molar-refractivity contribution in [2.45, 2.75) is 0 Å². The number of thiazole rings is 1. The number of rotatable bonds is 3. The van der Waals surface area contributed by atoms with Gasteiger partial charge in [0.05, 0.1) is 9.46 Å². The Labute approximate surface area is 144 Å². The number of nitrogens with zero attached hydrogens (tertiary/aromatic N) is 4. The predicted molar refractivity (Wildman–Crippen MR) is 94.5 cm³/mol. The molecule has 0 unspecified atom stereocenters. The van der Waals surface area contributed by atoms with Crippen LogP contribution in [0.5, 0.6) is 0 Å². The van der Waals surface area contributed by atoms with Crippen LogP contribution in [0.25, 0.3) is 22.4 Å². The summed E-state index contributed by atoms with van der Waals surface area (Å²) in [7, 11) is 0. The molecule has 0 aliphatic carbocycles. The highest BCUT2D eigenvalue weighted by Gasteiger charge is 2.13. The highest BCUT2D eigenvalue weighted by Crippen LogP contribution is 2.17. The third-order valence-electron chi connectivity index (χ3n) is 3.68. The number of benzene rings is 2. The number of non-ortho nitro benzene ring substituents is 1. The van der Waals surface area contributed by atoms with E-state index in [4.69, 9.17) is 0 Å². The second kappa shape index (κ2) is 5.91. The lowest BCUT2D eigenvalue weighted by molar-refractivity contribution is -0.384. The molecule has 7 nitrogen and oxygen atoms in total. The second-order valence-electron chi connectivity index (χ2n) is 5.27. The topological polar surface area (TPSA) is 90.4 Å². The Kier molecular flexibility index (Phi) is 3.58. The fraction of sp³-hybridized carbons (Fsp3) is 0. The Morgan fingerprint density at radius 3 is 2.44 bits per heavy atom. The Hall–Kier alpha value is -3.39. The van der Waals surface area contributed by atoms with Crippen molar-refractivity contribution in [1.82, 2.24) is 14.6 Å². The third kappa shape index (κ3) is 2.68. The van der Waals surface area contributed by atoms with Crippen LogP contribution in [0, 0.1) is 10.1 Å². The first kappa shape index (κ1) is 15.2. The molecule has 0 N–H and O–H groups in total. The molecule has 0 radical (unpaired) electrons. The highest BCUT2D eigenvalue weighted by molar-refractivity contribution is 7.15. The molecular formula is C17H10N4O3S. The maximum absolute atomic E-state index is 12.7. The second-order valence-corrected chi connectivity index (χ2v) is 6.28. The van der Waals surface area contributed by atoms with Gasteiger partial charge in [-0.1, -0.05) is 41.7 Å². The average Bonchev–Trinajstić information content (AvgIpc) is 3.17. The van der Waals surface area contributed by atoms with Gasteiger partial charge in [-0.05, 0) is 23.8 Å².